The van der Waals surface area contributed by atoms with Crippen molar-refractivity contribution in [3.8, 4) is 0 Å². The summed E-state index contributed by atoms with van der Waals surface area (Å²) in [6, 6.07) is 8.25. The number of rotatable bonds is 6. The Balaban J connectivity index is 1.55. The van der Waals surface area contributed by atoms with Crippen molar-refractivity contribution in [3.05, 3.63) is 52.9 Å². The van der Waals surface area contributed by atoms with Crippen LogP contribution in [-0.4, -0.2) is 40.3 Å². The number of nitrogens with two attached hydrogens (primary N) is 1. The third kappa shape index (κ3) is 5.03. The monoisotopic (exact) mass is 397 g/mol. The topological polar surface area (TPSA) is 150 Å². The van der Waals surface area contributed by atoms with Gasteiger partial charge in [0, 0.05) is 24.7 Å². The SMILES string of the molecule is Cc1cc(CC(=O)N2CCC[C@H]2C(=O)NCc2ccc(C(=N)N=NN)cc2)on1. The number of hydrogen-bond acceptors (Lipinski definition) is 6. The minimum atomic E-state index is -0.482. The first kappa shape index (κ1) is 20.2. The van der Waals surface area contributed by atoms with Gasteiger partial charge >= 0.3 is 0 Å². The van der Waals surface area contributed by atoms with Crippen LogP contribution in [0.5, 0.6) is 0 Å². The smallest absolute Gasteiger partial charge is 0.243 e. The van der Waals surface area contributed by atoms with Crippen LogP contribution in [0.3, 0.4) is 0 Å². The third-order valence-electron chi connectivity index (χ3n) is 4.73. The highest BCUT2D eigenvalue weighted by Crippen LogP contribution is 2.19. The summed E-state index contributed by atoms with van der Waals surface area (Å²) in [5.41, 5.74) is 2.16. The fourth-order valence-electron chi connectivity index (χ4n) is 3.29. The lowest BCUT2D eigenvalue weighted by molar-refractivity contribution is -0.138. The maximum Gasteiger partial charge on any atom is 0.243 e. The van der Waals surface area contributed by atoms with Crippen molar-refractivity contribution in [2.75, 3.05) is 6.54 Å². The Kier molecular flexibility index (Phi) is 6.32. The predicted molar refractivity (Wildman–Crippen MR) is 104 cm³/mol. The average Bonchev–Trinajstić information content (AvgIpc) is 3.36. The summed E-state index contributed by atoms with van der Waals surface area (Å²) >= 11 is 0. The molecule has 2 heterocycles. The number of aromatic nitrogens is 1. The zero-order valence-corrected chi connectivity index (χ0v) is 16.1. The van der Waals surface area contributed by atoms with E-state index in [-0.39, 0.29) is 24.1 Å². The molecule has 1 saturated heterocycles. The Labute approximate surface area is 167 Å². The molecule has 1 fully saturated rings. The minimum Gasteiger partial charge on any atom is -0.361 e. The van der Waals surface area contributed by atoms with Gasteiger partial charge in [-0.15, -0.1) is 5.11 Å². The van der Waals surface area contributed by atoms with Crippen molar-refractivity contribution < 1.29 is 14.1 Å². The molecule has 1 atom stereocenters. The van der Waals surface area contributed by atoms with Gasteiger partial charge in [0.2, 0.25) is 11.8 Å². The van der Waals surface area contributed by atoms with Crippen LogP contribution in [-0.2, 0) is 22.6 Å². The summed E-state index contributed by atoms with van der Waals surface area (Å²) in [4.78, 5) is 26.8. The van der Waals surface area contributed by atoms with E-state index in [0.29, 0.717) is 30.8 Å². The van der Waals surface area contributed by atoms with Crippen molar-refractivity contribution in [2.24, 2.45) is 16.2 Å². The van der Waals surface area contributed by atoms with E-state index in [1.54, 1.807) is 42.2 Å². The number of carbonyl (C=O) groups excluding carboxylic acids is 2. The molecule has 152 valence electrons. The molecule has 0 aliphatic carbocycles. The van der Waals surface area contributed by atoms with Crippen LogP contribution in [0, 0.1) is 12.3 Å². The van der Waals surface area contributed by atoms with Gasteiger partial charge in [0.1, 0.15) is 11.8 Å². The lowest BCUT2D eigenvalue weighted by Crippen LogP contribution is -2.46. The fourth-order valence-corrected chi connectivity index (χ4v) is 3.29. The predicted octanol–water partition coefficient (Wildman–Crippen LogP) is 1.48. The highest BCUT2D eigenvalue weighted by Gasteiger charge is 2.34. The number of carbonyl (C=O) groups is 2. The Morgan fingerprint density at radius 1 is 1.38 bits per heavy atom. The number of nitrogens with zero attached hydrogens (tertiary/aromatic N) is 4. The molecule has 4 N–H and O–H groups in total. The Morgan fingerprint density at radius 3 is 2.79 bits per heavy atom. The quantitative estimate of drug-likeness (QED) is 0.222. The molecule has 1 aromatic heterocycles. The third-order valence-corrected chi connectivity index (χ3v) is 4.73. The molecule has 2 amide bonds. The van der Waals surface area contributed by atoms with E-state index in [9.17, 15) is 9.59 Å². The van der Waals surface area contributed by atoms with Crippen molar-refractivity contribution in [3.63, 3.8) is 0 Å². The van der Waals surface area contributed by atoms with Crippen LogP contribution >= 0.6 is 0 Å². The first-order valence-electron chi connectivity index (χ1n) is 9.26. The summed E-state index contributed by atoms with van der Waals surface area (Å²) in [6.07, 6.45) is 1.51. The highest BCUT2D eigenvalue weighted by molar-refractivity contribution is 5.96. The lowest BCUT2D eigenvalue weighted by Gasteiger charge is -2.23. The van der Waals surface area contributed by atoms with Gasteiger partial charge in [-0.3, -0.25) is 15.0 Å². The van der Waals surface area contributed by atoms with Crippen LogP contribution in [0.15, 0.2) is 45.2 Å². The van der Waals surface area contributed by atoms with Gasteiger partial charge in [-0.25, -0.2) is 0 Å². The van der Waals surface area contributed by atoms with Gasteiger partial charge in [-0.1, -0.05) is 34.6 Å². The number of benzene rings is 1. The normalized spacial score (nSPS) is 16.3. The number of likely N-dealkylation sites (tertiary alicyclic amines) is 1. The second-order valence-corrected chi connectivity index (χ2v) is 6.84. The van der Waals surface area contributed by atoms with Gasteiger partial charge in [-0.2, -0.15) is 0 Å². The van der Waals surface area contributed by atoms with Crippen molar-refractivity contribution in [1.82, 2.24) is 15.4 Å². The molecule has 0 radical (unpaired) electrons. The molecule has 29 heavy (non-hydrogen) atoms. The molecule has 3 rings (SSSR count). The van der Waals surface area contributed by atoms with E-state index < -0.39 is 6.04 Å². The standard InChI is InChI=1S/C19H23N7O3/c1-12-9-15(29-24-12)10-17(27)26-8-2-3-16(26)19(28)22-11-13-4-6-14(7-5-13)18(20)23-25-21/h4-7,9,16H,2-3,8,10-11H2,1H3,(H,22,28)(H3,20,21,23)/t16-/m0/s1. The molecular formula is C19H23N7O3. The van der Waals surface area contributed by atoms with E-state index >= 15 is 0 Å². The second kappa shape index (κ2) is 9.09. The van der Waals surface area contributed by atoms with E-state index in [4.69, 9.17) is 15.8 Å². The minimum absolute atomic E-state index is 0.0369. The molecule has 10 nitrogen and oxygen atoms in total. The van der Waals surface area contributed by atoms with Crippen LogP contribution in [0.2, 0.25) is 0 Å². The second-order valence-electron chi connectivity index (χ2n) is 6.84. The molecule has 2 aromatic rings. The number of amidine groups is 1. The Morgan fingerprint density at radius 2 is 2.14 bits per heavy atom. The van der Waals surface area contributed by atoms with E-state index in [2.05, 4.69) is 20.8 Å². The zero-order valence-electron chi connectivity index (χ0n) is 16.1. The van der Waals surface area contributed by atoms with Gasteiger partial charge < -0.3 is 20.6 Å². The summed E-state index contributed by atoms with van der Waals surface area (Å²) in [5.74, 6) is 5.08. The molecule has 0 unspecified atom stereocenters. The largest absolute Gasteiger partial charge is 0.361 e. The van der Waals surface area contributed by atoms with Gasteiger partial charge in [-0.05, 0) is 25.3 Å². The van der Waals surface area contributed by atoms with Gasteiger partial charge in [0.15, 0.2) is 5.84 Å². The molecular weight excluding hydrogens is 374 g/mol. The van der Waals surface area contributed by atoms with Crippen molar-refractivity contribution in [2.45, 2.75) is 38.8 Å². The van der Waals surface area contributed by atoms with Crippen molar-refractivity contribution >= 4 is 17.6 Å². The number of aryl methyl sites for hydroxylation is 1. The number of hydrogen-bond donors (Lipinski definition) is 3. The molecule has 0 spiro atoms. The molecule has 0 saturated carbocycles. The van der Waals surface area contributed by atoms with Gasteiger partial charge in [0.25, 0.3) is 0 Å². The van der Waals surface area contributed by atoms with Crippen LogP contribution < -0.4 is 11.2 Å². The molecule has 1 aliphatic heterocycles. The summed E-state index contributed by atoms with van der Waals surface area (Å²) in [7, 11) is 0. The number of nitrogens with one attached hydrogen (secondary N) is 2. The van der Waals surface area contributed by atoms with Gasteiger partial charge in [0.05, 0.1) is 12.1 Å². The first-order valence-corrected chi connectivity index (χ1v) is 9.26. The summed E-state index contributed by atoms with van der Waals surface area (Å²) in [5, 5.41) is 20.9. The first-order chi connectivity index (χ1) is 14.0. The fraction of sp³-hybridized carbons (Fsp3) is 0.368. The molecule has 0 bridgehead atoms. The van der Waals surface area contributed by atoms with Crippen LogP contribution in [0.4, 0.5) is 0 Å². The van der Waals surface area contributed by atoms with Crippen LogP contribution in [0.1, 0.15) is 35.4 Å². The molecule has 1 aromatic carbocycles. The highest BCUT2D eigenvalue weighted by atomic mass is 16.5. The molecule has 10 heteroatoms. The Hall–Kier alpha value is -3.56. The van der Waals surface area contributed by atoms with Crippen molar-refractivity contribution in [1.29, 1.82) is 5.41 Å². The maximum atomic E-state index is 12.6. The van der Waals surface area contributed by atoms with E-state index in [1.165, 1.54) is 0 Å². The maximum absolute atomic E-state index is 12.6. The molecule has 1 aliphatic rings. The zero-order chi connectivity index (χ0) is 20.8. The van der Waals surface area contributed by atoms with E-state index in [1.807, 2.05) is 0 Å². The van der Waals surface area contributed by atoms with E-state index in [0.717, 1.165) is 17.7 Å². The lowest BCUT2D eigenvalue weighted by atomic mass is 10.1. The average molecular weight is 397 g/mol. The van der Waals surface area contributed by atoms with Crippen LogP contribution in [0.25, 0.3) is 0 Å². The number of amides is 2. The summed E-state index contributed by atoms with van der Waals surface area (Å²) < 4.78 is 5.10. The Bertz CT molecular complexity index is 920. The summed E-state index contributed by atoms with van der Waals surface area (Å²) in [6.45, 7) is 2.67.